The summed E-state index contributed by atoms with van der Waals surface area (Å²) < 4.78 is 16.2. The van der Waals surface area contributed by atoms with Crippen molar-refractivity contribution in [2.45, 2.75) is 39.8 Å². The van der Waals surface area contributed by atoms with Crippen LogP contribution in [0.4, 0.5) is 0 Å². The summed E-state index contributed by atoms with van der Waals surface area (Å²) in [6.07, 6.45) is 1.63. The number of aryl methyl sites for hydroxylation is 1. The lowest BCUT2D eigenvalue weighted by atomic mass is 10.1. The summed E-state index contributed by atoms with van der Waals surface area (Å²) in [7, 11) is 4.73. The van der Waals surface area contributed by atoms with Gasteiger partial charge in [0.15, 0.2) is 5.78 Å². The van der Waals surface area contributed by atoms with Crippen molar-refractivity contribution in [2.24, 2.45) is 0 Å². The molecule has 8 heteroatoms. The number of ether oxygens (including phenoxy) is 3. The molecule has 1 heterocycles. The van der Waals surface area contributed by atoms with Gasteiger partial charge in [-0.2, -0.15) is 0 Å². The molecular weight excluding hydrogens is 464 g/mol. The van der Waals surface area contributed by atoms with Gasteiger partial charge in [-0.05, 0) is 37.5 Å². The Morgan fingerprint density at radius 2 is 1.69 bits per heavy atom. The number of benzene rings is 2. The molecule has 186 valence electrons. The van der Waals surface area contributed by atoms with Crippen molar-refractivity contribution in [3.05, 3.63) is 74.7 Å². The molecule has 0 saturated carbocycles. The molecule has 7 nitrogen and oxygen atoms in total. The second-order valence-electron chi connectivity index (χ2n) is 8.19. The third-order valence-corrected chi connectivity index (χ3v) is 6.71. The van der Waals surface area contributed by atoms with Crippen LogP contribution < -0.4 is 9.47 Å². The van der Waals surface area contributed by atoms with Crippen LogP contribution in [0.5, 0.6) is 11.5 Å². The average Bonchev–Trinajstić information content (AvgIpc) is 3.26. The Hall–Kier alpha value is -3.23. The summed E-state index contributed by atoms with van der Waals surface area (Å²) in [5.41, 5.74) is 2.93. The van der Waals surface area contributed by atoms with Gasteiger partial charge in [0.05, 0.1) is 32.2 Å². The number of amides is 1. The summed E-state index contributed by atoms with van der Waals surface area (Å²) in [4.78, 5) is 32.8. The van der Waals surface area contributed by atoms with Gasteiger partial charge in [0.1, 0.15) is 22.2 Å². The van der Waals surface area contributed by atoms with Crippen molar-refractivity contribution < 1.29 is 23.8 Å². The summed E-state index contributed by atoms with van der Waals surface area (Å²) in [5.74, 6) is 0.914. The first kappa shape index (κ1) is 26.4. The smallest absolute Gasteiger partial charge is 0.254 e. The predicted molar refractivity (Wildman–Crippen MR) is 137 cm³/mol. The highest BCUT2D eigenvalue weighted by molar-refractivity contribution is 7.11. The van der Waals surface area contributed by atoms with Gasteiger partial charge < -0.3 is 19.1 Å². The Morgan fingerprint density at radius 1 is 1.03 bits per heavy atom. The number of carbonyl (C=O) groups is 2. The van der Waals surface area contributed by atoms with Crippen LogP contribution in [0.2, 0.25) is 0 Å². The van der Waals surface area contributed by atoms with Crippen LogP contribution >= 0.6 is 11.3 Å². The zero-order chi connectivity index (χ0) is 25.4. The fourth-order valence-electron chi connectivity index (χ4n) is 3.90. The van der Waals surface area contributed by atoms with Crippen molar-refractivity contribution in [2.75, 3.05) is 27.9 Å². The van der Waals surface area contributed by atoms with E-state index in [4.69, 9.17) is 14.2 Å². The highest BCUT2D eigenvalue weighted by atomic mass is 32.1. The van der Waals surface area contributed by atoms with Crippen LogP contribution in [0.15, 0.2) is 42.5 Å². The SMILES string of the molecule is COCc1sc(CN(CCCc2ccccc2)C(=O)c2cc(OC)c(C)c(OC)c2)nc1C(C)=O. The van der Waals surface area contributed by atoms with Crippen LogP contribution in [0, 0.1) is 6.92 Å². The van der Waals surface area contributed by atoms with Crippen molar-refractivity contribution in [3.8, 4) is 11.5 Å². The minimum atomic E-state index is -0.150. The quantitative estimate of drug-likeness (QED) is 0.325. The van der Waals surface area contributed by atoms with E-state index in [9.17, 15) is 9.59 Å². The molecule has 0 radical (unpaired) electrons. The summed E-state index contributed by atoms with van der Waals surface area (Å²) >= 11 is 1.40. The van der Waals surface area contributed by atoms with Gasteiger partial charge in [-0.15, -0.1) is 11.3 Å². The number of hydrogen-bond donors (Lipinski definition) is 0. The molecule has 0 spiro atoms. The first-order valence-electron chi connectivity index (χ1n) is 11.4. The number of aromatic nitrogens is 1. The monoisotopic (exact) mass is 496 g/mol. The van der Waals surface area contributed by atoms with Gasteiger partial charge in [-0.25, -0.2) is 4.98 Å². The number of thiazole rings is 1. The van der Waals surface area contributed by atoms with Gasteiger partial charge in [-0.1, -0.05) is 30.3 Å². The first-order valence-corrected chi connectivity index (χ1v) is 12.2. The van der Waals surface area contributed by atoms with Crippen LogP contribution in [-0.2, 0) is 24.3 Å². The molecule has 2 aromatic carbocycles. The number of ketones is 1. The van der Waals surface area contributed by atoms with Crippen molar-refractivity contribution in [1.82, 2.24) is 9.88 Å². The zero-order valence-electron chi connectivity index (χ0n) is 20.9. The second-order valence-corrected chi connectivity index (χ2v) is 9.36. The van der Waals surface area contributed by atoms with Crippen molar-refractivity contribution in [1.29, 1.82) is 0 Å². The van der Waals surface area contributed by atoms with E-state index in [1.165, 1.54) is 23.8 Å². The van der Waals surface area contributed by atoms with Gasteiger partial charge >= 0.3 is 0 Å². The second kappa shape index (κ2) is 12.5. The topological polar surface area (TPSA) is 78.0 Å². The highest BCUT2D eigenvalue weighted by Gasteiger charge is 2.23. The molecule has 0 aliphatic rings. The maximum absolute atomic E-state index is 13.7. The molecule has 1 amide bonds. The van der Waals surface area contributed by atoms with Crippen molar-refractivity contribution in [3.63, 3.8) is 0 Å². The molecule has 0 unspecified atom stereocenters. The number of methoxy groups -OCH3 is 3. The average molecular weight is 497 g/mol. The van der Waals surface area contributed by atoms with Gasteiger partial charge in [0.2, 0.25) is 0 Å². The van der Waals surface area contributed by atoms with Crippen molar-refractivity contribution >= 4 is 23.0 Å². The molecule has 35 heavy (non-hydrogen) atoms. The lowest BCUT2D eigenvalue weighted by Crippen LogP contribution is -2.32. The summed E-state index contributed by atoms with van der Waals surface area (Å²) in [6.45, 7) is 4.51. The molecule has 0 bridgehead atoms. The van der Waals surface area contributed by atoms with E-state index in [2.05, 4.69) is 17.1 Å². The maximum atomic E-state index is 13.7. The van der Waals surface area contributed by atoms with Crippen LogP contribution in [0.3, 0.4) is 0 Å². The molecule has 1 aromatic heterocycles. The van der Waals surface area contributed by atoms with E-state index in [1.54, 1.807) is 38.4 Å². The number of nitrogens with zero attached hydrogens (tertiary/aromatic N) is 2. The third kappa shape index (κ3) is 6.68. The molecule has 3 rings (SSSR count). The molecule has 0 saturated heterocycles. The standard InChI is InChI=1S/C27H32N2O5S/c1-18-22(33-4)14-21(15-23(18)34-5)27(31)29(13-9-12-20-10-7-6-8-11-20)16-25-28-26(19(2)30)24(35-25)17-32-3/h6-8,10-11,14-15H,9,12-13,16-17H2,1-5H3. The normalized spacial score (nSPS) is 10.8. The zero-order valence-corrected chi connectivity index (χ0v) is 21.7. The van der Waals surface area contributed by atoms with Crippen LogP contribution in [-0.4, -0.2) is 49.4 Å². The number of rotatable bonds is 12. The molecule has 0 aliphatic carbocycles. The first-order chi connectivity index (χ1) is 16.9. The van der Waals surface area contributed by atoms with Crippen LogP contribution in [0.25, 0.3) is 0 Å². The lowest BCUT2D eigenvalue weighted by Gasteiger charge is -2.23. The Kier molecular flexibility index (Phi) is 9.39. The minimum absolute atomic E-state index is 0.116. The summed E-state index contributed by atoms with van der Waals surface area (Å²) in [5, 5.41) is 0.696. The Morgan fingerprint density at radius 3 is 2.26 bits per heavy atom. The number of Topliss-reactive ketones (excluding diaryl/α,β-unsaturated/α-hetero) is 1. The van der Waals surface area contributed by atoms with Gasteiger partial charge in [0.25, 0.3) is 5.91 Å². The molecule has 0 fully saturated rings. The lowest BCUT2D eigenvalue weighted by molar-refractivity contribution is 0.0740. The van der Waals surface area contributed by atoms with Gasteiger partial charge in [0, 0.05) is 31.7 Å². The van der Waals surface area contributed by atoms with E-state index in [0.717, 1.165) is 23.3 Å². The minimum Gasteiger partial charge on any atom is -0.496 e. The Labute approximate surface area is 210 Å². The maximum Gasteiger partial charge on any atom is 0.254 e. The number of hydrogen-bond acceptors (Lipinski definition) is 7. The van der Waals surface area contributed by atoms with E-state index in [-0.39, 0.29) is 11.7 Å². The Balaban J connectivity index is 1.90. The molecule has 3 aromatic rings. The third-order valence-electron chi connectivity index (χ3n) is 5.70. The van der Waals surface area contributed by atoms with E-state index in [0.29, 0.717) is 47.5 Å². The number of carbonyl (C=O) groups excluding carboxylic acids is 2. The fourth-order valence-corrected chi connectivity index (χ4v) is 5.00. The largest absolute Gasteiger partial charge is 0.496 e. The molecule has 0 N–H and O–H groups in total. The Bertz CT molecular complexity index is 1130. The van der Waals surface area contributed by atoms with E-state index in [1.807, 2.05) is 25.1 Å². The fraction of sp³-hybridized carbons (Fsp3) is 0.370. The van der Waals surface area contributed by atoms with Crippen LogP contribution in [0.1, 0.15) is 55.2 Å². The predicted octanol–water partition coefficient (Wildman–Crippen LogP) is 5.09. The molecule has 0 aliphatic heterocycles. The van der Waals surface area contributed by atoms with E-state index < -0.39 is 0 Å². The molecule has 0 atom stereocenters. The summed E-state index contributed by atoms with van der Waals surface area (Å²) in [6, 6.07) is 13.7. The highest BCUT2D eigenvalue weighted by Crippen LogP contribution is 2.30. The van der Waals surface area contributed by atoms with Gasteiger partial charge in [-0.3, -0.25) is 9.59 Å². The van der Waals surface area contributed by atoms with E-state index >= 15 is 0 Å². The molecular formula is C27H32N2O5S.